The first kappa shape index (κ1) is 13.8. The number of nitrogens with one attached hydrogen (secondary N) is 1. The van der Waals surface area contributed by atoms with E-state index in [9.17, 15) is 0 Å². The average Bonchev–Trinajstić information content (AvgIpc) is 2.85. The Morgan fingerprint density at radius 3 is 2.89 bits per heavy atom. The van der Waals surface area contributed by atoms with Crippen LogP contribution in [0.5, 0.6) is 0 Å². The maximum Gasteiger partial charge on any atom is 0.185 e. The molecule has 1 fully saturated rings. The van der Waals surface area contributed by atoms with Crippen LogP contribution in [0.1, 0.15) is 39.0 Å². The molecule has 2 unspecified atom stereocenters. The smallest absolute Gasteiger partial charge is 0.185 e. The van der Waals surface area contributed by atoms with Gasteiger partial charge < -0.3 is 10.2 Å². The lowest BCUT2D eigenvalue weighted by atomic mass is 10.1. The Bertz CT molecular complexity index is 375. The van der Waals surface area contributed by atoms with Gasteiger partial charge in [-0.25, -0.2) is 4.98 Å². The second kappa shape index (κ2) is 6.02. The molecule has 1 aliphatic heterocycles. The summed E-state index contributed by atoms with van der Waals surface area (Å²) < 4.78 is 0. The molecule has 1 aromatic rings. The summed E-state index contributed by atoms with van der Waals surface area (Å²) in [5.41, 5.74) is 0. The SMILES string of the molecule is CC(C)CNCc1cnc(N2CC(C)CC2C)s1. The minimum atomic E-state index is 0.641. The van der Waals surface area contributed by atoms with Crippen molar-refractivity contribution in [3.05, 3.63) is 11.1 Å². The van der Waals surface area contributed by atoms with Crippen molar-refractivity contribution in [3.63, 3.8) is 0 Å². The normalized spacial score (nSPS) is 24.2. The number of hydrogen-bond acceptors (Lipinski definition) is 4. The predicted molar refractivity (Wildman–Crippen MR) is 79.2 cm³/mol. The molecule has 0 saturated carbocycles. The third-order valence-corrected chi connectivity index (χ3v) is 4.46. The number of rotatable bonds is 5. The van der Waals surface area contributed by atoms with Crippen molar-refractivity contribution < 1.29 is 0 Å². The van der Waals surface area contributed by atoms with Crippen LogP contribution in [0, 0.1) is 11.8 Å². The molecule has 0 spiro atoms. The molecule has 0 radical (unpaired) electrons. The molecule has 1 N–H and O–H groups in total. The van der Waals surface area contributed by atoms with Gasteiger partial charge in [-0.1, -0.05) is 20.8 Å². The second-order valence-electron chi connectivity index (χ2n) is 5.98. The Morgan fingerprint density at radius 1 is 1.50 bits per heavy atom. The minimum Gasteiger partial charge on any atom is -0.345 e. The van der Waals surface area contributed by atoms with Crippen LogP contribution in [-0.2, 0) is 6.54 Å². The maximum atomic E-state index is 4.59. The molecular weight excluding hydrogens is 242 g/mol. The Morgan fingerprint density at radius 2 is 2.28 bits per heavy atom. The van der Waals surface area contributed by atoms with Crippen LogP contribution in [0.25, 0.3) is 0 Å². The number of anilines is 1. The molecule has 2 heterocycles. The molecule has 3 nitrogen and oxygen atoms in total. The molecule has 2 atom stereocenters. The van der Waals surface area contributed by atoms with Crippen LogP contribution in [0.2, 0.25) is 0 Å². The van der Waals surface area contributed by atoms with Crippen molar-refractivity contribution in [2.75, 3.05) is 18.0 Å². The summed E-state index contributed by atoms with van der Waals surface area (Å²) in [5.74, 6) is 1.50. The van der Waals surface area contributed by atoms with E-state index in [4.69, 9.17) is 0 Å². The molecular formula is C14H25N3S. The zero-order valence-electron chi connectivity index (χ0n) is 11.9. The topological polar surface area (TPSA) is 28.2 Å². The van der Waals surface area contributed by atoms with Crippen molar-refractivity contribution in [3.8, 4) is 0 Å². The van der Waals surface area contributed by atoms with Gasteiger partial charge in [0, 0.05) is 30.2 Å². The van der Waals surface area contributed by atoms with E-state index in [1.165, 1.54) is 16.4 Å². The van der Waals surface area contributed by atoms with E-state index in [2.05, 4.69) is 42.9 Å². The van der Waals surface area contributed by atoms with Gasteiger partial charge >= 0.3 is 0 Å². The predicted octanol–water partition coefficient (Wildman–Crippen LogP) is 3.12. The first-order valence-electron chi connectivity index (χ1n) is 6.98. The van der Waals surface area contributed by atoms with Crippen molar-refractivity contribution in [2.45, 2.75) is 46.7 Å². The zero-order chi connectivity index (χ0) is 13.1. The molecule has 102 valence electrons. The highest BCUT2D eigenvalue weighted by Gasteiger charge is 2.27. The first-order valence-corrected chi connectivity index (χ1v) is 7.80. The number of nitrogens with zero attached hydrogens (tertiary/aromatic N) is 2. The van der Waals surface area contributed by atoms with Crippen molar-refractivity contribution in [2.24, 2.45) is 11.8 Å². The lowest BCUT2D eigenvalue weighted by Crippen LogP contribution is -2.26. The van der Waals surface area contributed by atoms with E-state index in [1.54, 1.807) is 0 Å². The highest BCUT2D eigenvalue weighted by molar-refractivity contribution is 7.15. The van der Waals surface area contributed by atoms with E-state index in [0.29, 0.717) is 12.0 Å². The zero-order valence-corrected chi connectivity index (χ0v) is 12.8. The molecule has 1 aromatic heterocycles. The van der Waals surface area contributed by atoms with Crippen LogP contribution in [0.4, 0.5) is 5.13 Å². The van der Waals surface area contributed by atoms with Gasteiger partial charge in [0.05, 0.1) is 0 Å². The van der Waals surface area contributed by atoms with Gasteiger partial charge in [0.25, 0.3) is 0 Å². The van der Waals surface area contributed by atoms with Crippen molar-refractivity contribution in [1.29, 1.82) is 0 Å². The van der Waals surface area contributed by atoms with Crippen LogP contribution < -0.4 is 10.2 Å². The lowest BCUT2D eigenvalue weighted by molar-refractivity contribution is 0.554. The van der Waals surface area contributed by atoms with E-state index in [-0.39, 0.29) is 0 Å². The Balaban J connectivity index is 1.90. The third kappa shape index (κ3) is 3.45. The summed E-state index contributed by atoms with van der Waals surface area (Å²) in [7, 11) is 0. The highest BCUT2D eigenvalue weighted by atomic mass is 32.1. The number of thiazole rings is 1. The van der Waals surface area contributed by atoms with Crippen LogP contribution in [0.15, 0.2) is 6.20 Å². The monoisotopic (exact) mass is 267 g/mol. The first-order chi connectivity index (χ1) is 8.56. The Hall–Kier alpha value is -0.610. The van der Waals surface area contributed by atoms with E-state index >= 15 is 0 Å². The van der Waals surface area contributed by atoms with E-state index in [0.717, 1.165) is 25.6 Å². The quantitative estimate of drug-likeness (QED) is 0.888. The standard InChI is InChI=1S/C14H25N3S/c1-10(2)6-15-7-13-8-16-14(18-13)17-9-11(3)5-12(17)4/h8,10-12,15H,5-7,9H2,1-4H3. The van der Waals surface area contributed by atoms with Gasteiger partial charge in [-0.05, 0) is 31.7 Å². The van der Waals surface area contributed by atoms with Crippen LogP contribution in [0.3, 0.4) is 0 Å². The summed E-state index contributed by atoms with van der Waals surface area (Å²) in [4.78, 5) is 8.39. The largest absolute Gasteiger partial charge is 0.345 e. The Kier molecular flexibility index (Phi) is 4.62. The number of hydrogen-bond donors (Lipinski definition) is 1. The molecule has 0 aromatic carbocycles. The van der Waals surface area contributed by atoms with Gasteiger partial charge in [0.2, 0.25) is 0 Å². The molecule has 1 saturated heterocycles. The molecule has 4 heteroatoms. The number of aromatic nitrogens is 1. The fraction of sp³-hybridized carbons (Fsp3) is 0.786. The minimum absolute atomic E-state index is 0.641. The fourth-order valence-corrected chi connectivity index (χ4v) is 3.55. The highest BCUT2D eigenvalue weighted by Crippen LogP contribution is 2.31. The summed E-state index contributed by atoms with van der Waals surface area (Å²) in [6.45, 7) is 12.3. The third-order valence-electron chi connectivity index (χ3n) is 3.42. The summed E-state index contributed by atoms with van der Waals surface area (Å²) >= 11 is 1.84. The summed E-state index contributed by atoms with van der Waals surface area (Å²) in [6, 6.07) is 0.641. The molecule has 0 bridgehead atoms. The second-order valence-corrected chi connectivity index (χ2v) is 7.07. The summed E-state index contributed by atoms with van der Waals surface area (Å²) in [6.07, 6.45) is 3.32. The molecule has 18 heavy (non-hydrogen) atoms. The molecule has 2 rings (SSSR count). The van der Waals surface area contributed by atoms with Crippen molar-refractivity contribution in [1.82, 2.24) is 10.3 Å². The Labute approximate surface area is 115 Å². The molecule has 0 amide bonds. The van der Waals surface area contributed by atoms with E-state index < -0.39 is 0 Å². The maximum absolute atomic E-state index is 4.59. The average molecular weight is 267 g/mol. The fourth-order valence-electron chi connectivity index (χ4n) is 2.56. The van der Waals surface area contributed by atoms with E-state index in [1.807, 2.05) is 17.5 Å². The van der Waals surface area contributed by atoms with Gasteiger partial charge in [0.15, 0.2) is 5.13 Å². The summed E-state index contributed by atoms with van der Waals surface area (Å²) in [5, 5.41) is 4.68. The van der Waals surface area contributed by atoms with Crippen molar-refractivity contribution >= 4 is 16.5 Å². The van der Waals surface area contributed by atoms with Crippen LogP contribution in [-0.4, -0.2) is 24.1 Å². The molecule has 1 aliphatic rings. The van der Waals surface area contributed by atoms with Gasteiger partial charge in [-0.2, -0.15) is 0 Å². The lowest BCUT2D eigenvalue weighted by Gasteiger charge is -2.19. The van der Waals surface area contributed by atoms with Gasteiger partial charge in [-0.15, -0.1) is 11.3 Å². The van der Waals surface area contributed by atoms with Gasteiger partial charge in [-0.3, -0.25) is 0 Å². The van der Waals surface area contributed by atoms with Gasteiger partial charge in [0.1, 0.15) is 0 Å². The van der Waals surface area contributed by atoms with Crippen LogP contribution >= 0.6 is 11.3 Å². The molecule has 0 aliphatic carbocycles.